The molecule has 0 saturated heterocycles. The molecule has 0 aromatic heterocycles. The summed E-state index contributed by atoms with van der Waals surface area (Å²) >= 11 is 1.95. The summed E-state index contributed by atoms with van der Waals surface area (Å²) in [6, 6.07) is 0. The van der Waals surface area contributed by atoms with Crippen LogP contribution in [0, 0.1) is 11.8 Å². The SMILES string of the molecule is COC[C@@H]1C(CC(=O)O)[C@@H](O)[C@H](I)[C@H]1O. The highest BCUT2D eigenvalue weighted by atomic mass is 127. The second-order valence-electron chi connectivity index (χ2n) is 3.81. The van der Waals surface area contributed by atoms with Crippen molar-refractivity contribution in [1.29, 1.82) is 0 Å². The molecular formula is C9H15IO5. The number of ether oxygens (including phenoxy) is 1. The van der Waals surface area contributed by atoms with Crippen molar-refractivity contribution in [2.45, 2.75) is 22.6 Å². The molecule has 88 valence electrons. The first-order chi connectivity index (χ1) is 6.99. The number of halogens is 1. The predicted octanol–water partition coefficient (Wildman–Crippen LogP) is -0.121. The zero-order chi connectivity index (χ0) is 11.6. The van der Waals surface area contributed by atoms with Gasteiger partial charge >= 0.3 is 5.97 Å². The predicted molar refractivity (Wildman–Crippen MR) is 60.9 cm³/mol. The normalized spacial score (nSPS) is 40.7. The van der Waals surface area contributed by atoms with Crippen LogP contribution in [-0.2, 0) is 9.53 Å². The van der Waals surface area contributed by atoms with Crippen molar-refractivity contribution < 1.29 is 24.9 Å². The summed E-state index contributed by atoms with van der Waals surface area (Å²) in [6.07, 6.45) is -1.62. The number of hydrogen-bond acceptors (Lipinski definition) is 4. The van der Waals surface area contributed by atoms with Crippen LogP contribution < -0.4 is 0 Å². The van der Waals surface area contributed by atoms with Crippen molar-refractivity contribution >= 4 is 28.6 Å². The Morgan fingerprint density at radius 2 is 1.87 bits per heavy atom. The lowest BCUT2D eigenvalue weighted by atomic mass is 9.91. The molecule has 0 aromatic rings. The van der Waals surface area contributed by atoms with Gasteiger partial charge in [0.15, 0.2) is 0 Å². The van der Waals surface area contributed by atoms with Crippen molar-refractivity contribution in [1.82, 2.24) is 0 Å². The molecule has 15 heavy (non-hydrogen) atoms. The Labute approximate surface area is 102 Å². The van der Waals surface area contributed by atoms with E-state index < -0.39 is 24.1 Å². The van der Waals surface area contributed by atoms with Crippen molar-refractivity contribution in [2.75, 3.05) is 13.7 Å². The first-order valence-electron chi connectivity index (χ1n) is 4.70. The Morgan fingerprint density at radius 1 is 1.33 bits per heavy atom. The number of carbonyl (C=O) groups is 1. The van der Waals surface area contributed by atoms with Gasteiger partial charge < -0.3 is 20.1 Å². The van der Waals surface area contributed by atoms with Gasteiger partial charge in [0.2, 0.25) is 0 Å². The van der Waals surface area contributed by atoms with E-state index in [1.165, 1.54) is 7.11 Å². The topological polar surface area (TPSA) is 87.0 Å². The monoisotopic (exact) mass is 330 g/mol. The van der Waals surface area contributed by atoms with Gasteiger partial charge in [0, 0.05) is 18.9 Å². The van der Waals surface area contributed by atoms with Crippen LogP contribution in [0.15, 0.2) is 0 Å². The van der Waals surface area contributed by atoms with Gasteiger partial charge in [0.05, 0.1) is 29.2 Å². The third kappa shape index (κ3) is 2.80. The van der Waals surface area contributed by atoms with E-state index in [0.29, 0.717) is 0 Å². The van der Waals surface area contributed by atoms with E-state index in [-0.39, 0.29) is 22.9 Å². The molecule has 1 fully saturated rings. The van der Waals surface area contributed by atoms with Crippen LogP contribution in [0.2, 0.25) is 0 Å². The lowest BCUT2D eigenvalue weighted by molar-refractivity contribution is -0.139. The smallest absolute Gasteiger partial charge is 0.303 e. The van der Waals surface area contributed by atoms with Crippen LogP contribution in [0.5, 0.6) is 0 Å². The molecule has 0 spiro atoms. The zero-order valence-electron chi connectivity index (χ0n) is 8.34. The molecule has 0 bridgehead atoms. The first kappa shape index (κ1) is 13.1. The number of aliphatic hydroxyl groups excluding tert-OH is 2. The molecule has 6 heteroatoms. The van der Waals surface area contributed by atoms with E-state index in [1.807, 2.05) is 22.6 Å². The van der Waals surface area contributed by atoms with Gasteiger partial charge in [-0.3, -0.25) is 4.79 Å². The first-order valence-corrected chi connectivity index (χ1v) is 5.94. The fourth-order valence-electron chi connectivity index (χ4n) is 2.07. The highest BCUT2D eigenvalue weighted by Gasteiger charge is 2.48. The summed E-state index contributed by atoms with van der Waals surface area (Å²) in [5, 5.41) is 28.3. The maximum atomic E-state index is 10.6. The molecule has 1 saturated carbocycles. The average molecular weight is 330 g/mol. The Balaban J connectivity index is 2.75. The number of alkyl halides is 1. The molecular weight excluding hydrogens is 315 g/mol. The number of hydrogen-bond donors (Lipinski definition) is 3. The highest BCUT2D eigenvalue weighted by molar-refractivity contribution is 14.1. The van der Waals surface area contributed by atoms with E-state index in [9.17, 15) is 15.0 Å². The Morgan fingerprint density at radius 3 is 2.33 bits per heavy atom. The summed E-state index contributed by atoms with van der Waals surface area (Å²) < 4.78 is 4.61. The number of rotatable bonds is 4. The summed E-state index contributed by atoms with van der Waals surface area (Å²) in [5.41, 5.74) is 0. The summed E-state index contributed by atoms with van der Waals surface area (Å²) in [5.74, 6) is -1.69. The maximum absolute atomic E-state index is 10.6. The molecule has 0 aromatic carbocycles. The number of carboxylic acid groups (broad SMARTS) is 1. The van der Waals surface area contributed by atoms with Crippen molar-refractivity contribution in [3.05, 3.63) is 0 Å². The van der Waals surface area contributed by atoms with Crippen LogP contribution in [0.3, 0.4) is 0 Å². The minimum Gasteiger partial charge on any atom is -0.481 e. The average Bonchev–Trinajstić information content (AvgIpc) is 2.35. The molecule has 5 atom stereocenters. The van der Waals surface area contributed by atoms with Crippen molar-refractivity contribution in [3.63, 3.8) is 0 Å². The molecule has 1 unspecified atom stereocenters. The lowest BCUT2D eigenvalue weighted by Gasteiger charge is -2.20. The van der Waals surface area contributed by atoms with Gasteiger partial charge in [0.25, 0.3) is 0 Å². The zero-order valence-corrected chi connectivity index (χ0v) is 10.5. The fourth-order valence-corrected chi connectivity index (χ4v) is 3.14. The van der Waals surface area contributed by atoms with E-state index in [4.69, 9.17) is 9.84 Å². The third-order valence-electron chi connectivity index (χ3n) is 2.85. The van der Waals surface area contributed by atoms with Gasteiger partial charge in [-0.25, -0.2) is 0 Å². The fraction of sp³-hybridized carbons (Fsp3) is 0.889. The van der Waals surface area contributed by atoms with Gasteiger partial charge in [-0.05, 0) is 0 Å². The van der Waals surface area contributed by atoms with E-state index in [2.05, 4.69) is 0 Å². The summed E-state index contributed by atoms with van der Waals surface area (Å²) in [7, 11) is 1.50. The number of aliphatic carboxylic acids is 1. The maximum Gasteiger partial charge on any atom is 0.303 e. The van der Waals surface area contributed by atoms with Crippen molar-refractivity contribution in [3.8, 4) is 0 Å². The lowest BCUT2D eigenvalue weighted by Crippen LogP contribution is -2.28. The van der Waals surface area contributed by atoms with E-state index in [0.717, 1.165) is 0 Å². The molecule has 5 nitrogen and oxygen atoms in total. The van der Waals surface area contributed by atoms with Gasteiger partial charge in [-0.2, -0.15) is 0 Å². The number of methoxy groups -OCH3 is 1. The van der Waals surface area contributed by atoms with Crippen molar-refractivity contribution in [2.24, 2.45) is 11.8 Å². The third-order valence-corrected chi connectivity index (χ3v) is 4.32. The molecule has 1 aliphatic carbocycles. The Bertz CT molecular complexity index is 235. The molecule has 0 radical (unpaired) electrons. The quantitative estimate of drug-likeness (QED) is 0.494. The van der Waals surface area contributed by atoms with E-state index >= 15 is 0 Å². The number of aliphatic hydroxyl groups is 2. The van der Waals surface area contributed by atoms with Crippen LogP contribution >= 0.6 is 22.6 Å². The van der Waals surface area contributed by atoms with Crippen LogP contribution in [0.1, 0.15) is 6.42 Å². The number of carboxylic acids is 1. The van der Waals surface area contributed by atoms with Gasteiger partial charge in [0.1, 0.15) is 0 Å². The van der Waals surface area contributed by atoms with E-state index in [1.54, 1.807) is 0 Å². The molecule has 3 N–H and O–H groups in total. The molecule has 0 aliphatic heterocycles. The minimum absolute atomic E-state index is 0.133. The van der Waals surface area contributed by atoms with Gasteiger partial charge in [-0.1, -0.05) is 22.6 Å². The Kier molecular flexibility index (Phi) is 4.75. The summed E-state index contributed by atoms with van der Waals surface area (Å²) in [6.45, 7) is 0.273. The molecule has 1 aliphatic rings. The highest BCUT2D eigenvalue weighted by Crippen LogP contribution is 2.39. The van der Waals surface area contributed by atoms with Gasteiger partial charge in [-0.15, -0.1) is 0 Å². The second-order valence-corrected chi connectivity index (χ2v) is 5.24. The van der Waals surface area contributed by atoms with Crippen LogP contribution in [0.25, 0.3) is 0 Å². The Hall–Kier alpha value is 0.0800. The molecule has 0 heterocycles. The standard InChI is InChI=1S/C9H15IO5/c1-15-3-5-4(2-6(11)12)8(13)7(10)9(5)14/h4-5,7-9,13-14H,2-3H2,1H3,(H,11,12)/t4?,5-,7+,8-,9+/m1/s1. The minimum atomic E-state index is -0.960. The molecule has 0 amide bonds. The van der Waals surface area contributed by atoms with Crippen LogP contribution in [0.4, 0.5) is 0 Å². The largest absolute Gasteiger partial charge is 0.481 e. The second kappa shape index (κ2) is 5.42. The van der Waals surface area contributed by atoms with Crippen LogP contribution in [-0.4, -0.2) is 51.1 Å². The summed E-state index contributed by atoms with van der Waals surface area (Å²) in [4.78, 5) is 10.6. The molecule has 1 rings (SSSR count).